The predicted molar refractivity (Wildman–Crippen MR) is 73.9 cm³/mol. The lowest BCUT2D eigenvalue weighted by atomic mass is 10.0. The smallest absolute Gasteiger partial charge is 0.330 e. The molecule has 100 valence electrons. The molecular weight excluding hydrogens is 254 g/mol. The van der Waals surface area contributed by atoms with Gasteiger partial charge in [0.25, 0.3) is 5.54 Å². The number of aryl methyl sites for hydroxylation is 1. The van der Waals surface area contributed by atoms with Gasteiger partial charge in [0.05, 0.1) is 7.11 Å². The van der Waals surface area contributed by atoms with Crippen LogP contribution in [0.1, 0.15) is 11.1 Å². The summed E-state index contributed by atoms with van der Waals surface area (Å²) < 4.78 is 4.41. The van der Waals surface area contributed by atoms with Crippen LogP contribution in [0.4, 0.5) is 0 Å². The number of nitriles is 2. The van der Waals surface area contributed by atoms with Crippen LogP contribution < -0.4 is 0 Å². The van der Waals surface area contributed by atoms with E-state index in [1.54, 1.807) is 12.1 Å². The first-order valence-corrected chi connectivity index (χ1v) is 5.77. The first kappa shape index (κ1) is 15.1. The lowest BCUT2D eigenvalue weighted by Crippen LogP contribution is -2.19. The number of benzene rings is 1. The third-order valence-electron chi connectivity index (χ3n) is 2.50. The second kappa shape index (κ2) is 6.86. The number of methoxy groups -OCH3 is 1. The van der Waals surface area contributed by atoms with Crippen molar-refractivity contribution in [2.75, 3.05) is 7.11 Å². The van der Waals surface area contributed by atoms with Gasteiger partial charge in [0, 0.05) is 12.3 Å². The van der Waals surface area contributed by atoms with Gasteiger partial charge in [0.1, 0.15) is 12.1 Å². The summed E-state index contributed by atoms with van der Waals surface area (Å²) in [4.78, 5) is 15.0. The second-order valence-electron chi connectivity index (χ2n) is 4.02. The quantitative estimate of drug-likeness (QED) is 0.474. The number of rotatable bonds is 4. The fraction of sp³-hybridized carbons (Fsp3) is 0.200. The van der Waals surface area contributed by atoms with Crippen LogP contribution in [-0.2, 0) is 9.53 Å². The molecule has 1 aromatic carbocycles. The molecule has 0 aliphatic heterocycles. The van der Waals surface area contributed by atoms with Crippen molar-refractivity contribution in [2.45, 2.75) is 12.5 Å². The number of aliphatic imine (C=N–C) groups is 1. The monoisotopic (exact) mass is 267 g/mol. The Morgan fingerprint density at radius 3 is 2.40 bits per heavy atom. The Bertz CT molecular complexity index is 602. The molecule has 0 saturated carbocycles. The average Bonchev–Trinajstić information content (AvgIpc) is 2.49. The number of hydrogen-bond acceptors (Lipinski definition) is 5. The van der Waals surface area contributed by atoms with Gasteiger partial charge in [-0.25, -0.2) is 4.79 Å². The lowest BCUT2D eigenvalue weighted by Gasteiger charge is -2.07. The van der Waals surface area contributed by atoms with Gasteiger partial charge in [-0.05, 0) is 18.6 Å². The summed E-state index contributed by atoms with van der Waals surface area (Å²) in [5, 5.41) is 18.2. The first-order chi connectivity index (χ1) is 9.55. The number of carbonyl (C=O) groups is 1. The van der Waals surface area contributed by atoms with Gasteiger partial charge in [-0.1, -0.05) is 29.8 Å². The fourth-order valence-corrected chi connectivity index (χ4v) is 1.29. The molecule has 0 saturated heterocycles. The maximum Gasteiger partial charge on any atom is 0.330 e. The highest BCUT2D eigenvalue weighted by molar-refractivity contribution is 5.83. The molecule has 0 fully saturated rings. The molecule has 0 aliphatic rings. The number of esters is 1. The van der Waals surface area contributed by atoms with E-state index in [4.69, 9.17) is 10.5 Å². The highest BCUT2D eigenvalue weighted by atomic mass is 16.5. The summed E-state index contributed by atoms with van der Waals surface area (Å²) >= 11 is 0. The summed E-state index contributed by atoms with van der Waals surface area (Å²) in [7, 11) is 1.21. The van der Waals surface area contributed by atoms with Gasteiger partial charge in [0.15, 0.2) is 0 Å². The zero-order valence-electron chi connectivity index (χ0n) is 11.2. The number of ether oxygens (including phenoxy) is 1. The highest BCUT2D eigenvalue weighted by Crippen LogP contribution is 2.12. The first-order valence-electron chi connectivity index (χ1n) is 5.77. The second-order valence-corrected chi connectivity index (χ2v) is 4.02. The van der Waals surface area contributed by atoms with Crippen molar-refractivity contribution in [1.29, 1.82) is 10.5 Å². The predicted octanol–water partition coefficient (Wildman–Crippen LogP) is 1.93. The van der Waals surface area contributed by atoms with E-state index >= 15 is 0 Å². The van der Waals surface area contributed by atoms with E-state index in [1.165, 1.54) is 13.3 Å². The van der Waals surface area contributed by atoms with Crippen LogP contribution in [0.25, 0.3) is 0 Å². The summed E-state index contributed by atoms with van der Waals surface area (Å²) in [6.07, 6.45) is 3.55. The maximum atomic E-state index is 11.0. The molecule has 0 bridgehead atoms. The van der Waals surface area contributed by atoms with Crippen LogP contribution in [0.15, 0.2) is 41.4 Å². The molecular formula is C15H13N3O2. The normalized spacial score (nSPS) is 11.2. The van der Waals surface area contributed by atoms with Gasteiger partial charge in [-0.2, -0.15) is 10.5 Å². The van der Waals surface area contributed by atoms with E-state index in [0.29, 0.717) is 0 Å². The Hall–Kier alpha value is -2.92. The molecule has 20 heavy (non-hydrogen) atoms. The van der Waals surface area contributed by atoms with Crippen LogP contribution in [0, 0.1) is 29.6 Å². The largest absolute Gasteiger partial charge is 0.466 e. The number of hydrogen-bond donors (Lipinski definition) is 0. The number of nitrogens with zero attached hydrogens (tertiary/aromatic N) is 3. The van der Waals surface area contributed by atoms with E-state index in [0.717, 1.165) is 23.3 Å². The maximum absolute atomic E-state index is 11.0. The summed E-state index contributed by atoms with van der Waals surface area (Å²) in [5.41, 5.74) is 0.121. The Morgan fingerprint density at radius 1 is 1.30 bits per heavy atom. The van der Waals surface area contributed by atoms with Crippen LogP contribution in [0.2, 0.25) is 0 Å². The standard InChI is InChI=1S/C15H13N3O2/c1-12-3-5-13(6-4-12)9-18-15(10-16,11-17)8-7-14(19)20-2/h3-9H,1-2H3/b8-7-,18-9?. The minimum atomic E-state index is -1.74. The van der Waals surface area contributed by atoms with Gasteiger partial charge >= 0.3 is 5.97 Å². The summed E-state index contributed by atoms with van der Waals surface area (Å²) in [5.74, 6) is -0.648. The zero-order valence-corrected chi connectivity index (χ0v) is 11.2. The van der Waals surface area contributed by atoms with Crippen LogP contribution in [0.3, 0.4) is 0 Å². The van der Waals surface area contributed by atoms with Crippen molar-refractivity contribution in [3.63, 3.8) is 0 Å². The Kier molecular flexibility index (Phi) is 5.20. The molecule has 0 aromatic heterocycles. The Balaban J connectivity index is 3.01. The summed E-state index contributed by atoms with van der Waals surface area (Å²) in [6, 6.07) is 11.0. The molecule has 1 aromatic rings. The molecule has 0 unspecified atom stereocenters. The van der Waals surface area contributed by atoms with Gasteiger partial charge < -0.3 is 4.74 Å². The molecule has 0 N–H and O–H groups in total. The fourth-order valence-electron chi connectivity index (χ4n) is 1.29. The van der Waals surface area contributed by atoms with E-state index < -0.39 is 11.5 Å². The SMILES string of the molecule is COC(=O)/C=C\C(C#N)(C#N)N=Cc1ccc(C)cc1. The van der Waals surface area contributed by atoms with Crippen LogP contribution in [0.5, 0.6) is 0 Å². The molecule has 0 radical (unpaired) electrons. The van der Waals surface area contributed by atoms with E-state index in [2.05, 4.69) is 9.73 Å². The third kappa shape index (κ3) is 4.08. The molecule has 5 heteroatoms. The van der Waals surface area contributed by atoms with E-state index in [1.807, 2.05) is 31.2 Å². The number of carbonyl (C=O) groups excluding carboxylic acids is 1. The zero-order chi connectivity index (χ0) is 15.0. The molecule has 1 rings (SSSR count). The van der Waals surface area contributed by atoms with Gasteiger partial charge in [-0.15, -0.1) is 0 Å². The average molecular weight is 267 g/mol. The molecule has 0 atom stereocenters. The Morgan fingerprint density at radius 2 is 1.90 bits per heavy atom. The molecule has 0 spiro atoms. The Labute approximate surface area is 117 Å². The van der Waals surface area contributed by atoms with Crippen molar-refractivity contribution >= 4 is 12.2 Å². The van der Waals surface area contributed by atoms with Gasteiger partial charge in [-0.3, -0.25) is 4.99 Å². The van der Waals surface area contributed by atoms with Crippen molar-refractivity contribution in [3.05, 3.63) is 47.5 Å². The summed E-state index contributed by atoms with van der Waals surface area (Å²) in [6.45, 7) is 1.95. The molecule has 0 aliphatic carbocycles. The van der Waals surface area contributed by atoms with Crippen molar-refractivity contribution in [2.24, 2.45) is 4.99 Å². The molecule has 0 amide bonds. The van der Waals surface area contributed by atoms with Crippen molar-refractivity contribution in [1.82, 2.24) is 0 Å². The van der Waals surface area contributed by atoms with E-state index in [9.17, 15) is 4.79 Å². The molecule has 0 heterocycles. The van der Waals surface area contributed by atoms with Crippen LogP contribution >= 0.6 is 0 Å². The van der Waals surface area contributed by atoms with Crippen LogP contribution in [-0.4, -0.2) is 24.8 Å². The van der Waals surface area contributed by atoms with Gasteiger partial charge in [0.2, 0.25) is 0 Å². The topological polar surface area (TPSA) is 86.2 Å². The van der Waals surface area contributed by atoms with Crippen molar-refractivity contribution < 1.29 is 9.53 Å². The minimum absolute atomic E-state index is 0.648. The van der Waals surface area contributed by atoms with E-state index in [-0.39, 0.29) is 0 Å². The molecule has 5 nitrogen and oxygen atoms in total. The lowest BCUT2D eigenvalue weighted by molar-refractivity contribution is -0.134. The highest BCUT2D eigenvalue weighted by Gasteiger charge is 2.25. The third-order valence-corrected chi connectivity index (χ3v) is 2.50. The minimum Gasteiger partial charge on any atom is -0.466 e. The van der Waals surface area contributed by atoms with Crippen molar-refractivity contribution in [3.8, 4) is 12.1 Å².